The van der Waals surface area contributed by atoms with E-state index < -0.39 is 0 Å². The van der Waals surface area contributed by atoms with E-state index in [0.717, 1.165) is 35.9 Å². The van der Waals surface area contributed by atoms with E-state index in [1.807, 2.05) is 27.7 Å². The molecule has 0 fully saturated rings. The van der Waals surface area contributed by atoms with Gasteiger partial charge in [0.1, 0.15) is 0 Å². The molecule has 0 aromatic rings. The topological polar surface area (TPSA) is 104 Å². The maximum absolute atomic E-state index is 4.47. The first kappa shape index (κ1) is 25.8. The first-order chi connectivity index (χ1) is 14.2. The summed E-state index contributed by atoms with van der Waals surface area (Å²) in [7, 11) is 0. The van der Waals surface area contributed by atoms with E-state index in [2.05, 4.69) is 79.6 Å². The van der Waals surface area contributed by atoms with Crippen LogP contribution in [0.3, 0.4) is 0 Å². The van der Waals surface area contributed by atoms with Crippen molar-refractivity contribution in [1.82, 2.24) is 31.5 Å². The monoisotopic (exact) mass is 422 g/mol. The smallest absolute Gasteiger partial charge is 0.0862 e. The van der Waals surface area contributed by atoms with Gasteiger partial charge in [-0.05, 0) is 39.5 Å². The maximum atomic E-state index is 4.47. The lowest BCUT2D eigenvalue weighted by Crippen LogP contribution is -2.41. The zero-order valence-electron chi connectivity index (χ0n) is 20.1. The van der Waals surface area contributed by atoms with Crippen LogP contribution in [0.4, 0.5) is 0 Å². The van der Waals surface area contributed by atoms with Gasteiger partial charge in [-0.1, -0.05) is 27.7 Å². The van der Waals surface area contributed by atoms with Gasteiger partial charge in [0.05, 0.1) is 49.5 Å². The summed E-state index contributed by atoms with van der Waals surface area (Å²) in [6, 6.07) is 0. The predicted molar refractivity (Wildman–Crippen MR) is 128 cm³/mol. The summed E-state index contributed by atoms with van der Waals surface area (Å²) in [5.74, 6) is 1.07. The van der Waals surface area contributed by atoms with Crippen LogP contribution in [0.15, 0.2) is 20.4 Å². The summed E-state index contributed by atoms with van der Waals surface area (Å²) in [6.45, 7) is 20.9. The van der Waals surface area contributed by atoms with Crippen molar-refractivity contribution in [1.29, 1.82) is 0 Å². The molecule has 10 heteroatoms. The number of hydrogen-bond acceptors (Lipinski definition) is 10. The van der Waals surface area contributed by atoms with Crippen molar-refractivity contribution >= 4 is 22.8 Å². The molecule has 0 radical (unpaired) electrons. The molecule has 0 spiro atoms. The predicted octanol–water partition coefficient (Wildman–Crippen LogP) is 1.61. The third kappa shape index (κ3) is 11.1. The third-order valence-corrected chi connectivity index (χ3v) is 4.46. The Balaban J connectivity index is 2.95. The van der Waals surface area contributed by atoms with Crippen LogP contribution < -0.4 is 21.7 Å². The molecule has 0 bridgehead atoms. The molecule has 1 rings (SSSR count). The zero-order chi connectivity index (χ0) is 22.5. The molecule has 0 aromatic carbocycles. The van der Waals surface area contributed by atoms with Crippen LogP contribution in [-0.2, 0) is 0 Å². The summed E-state index contributed by atoms with van der Waals surface area (Å²) in [5, 5.41) is 17.9. The zero-order valence-corrected chi connectivity index (χ0v) is 20.1. The fourth-order valence-electron chi connectivity index (χ4n) is 2.74. The number of rotatable bonds is 4. The second-order valence-corrected chi connectivity index (χ2v) is 8.55. The summed E-state index contributed by atoms with van der Waals surface area (Å²) in [6.07, 6.45) is 0. The molecule has 0 amide bonds. The van der Waals surface area contributed by atoms with Crippen molar-refractivity contribution in [2.45, 2.75) is 55.4 Å². The lowest BCUT2D eigenvalue weighted by Gasteiger charge is -2.24. The van der Waals surface area contributed by atoms with Gasteiger partial charge in [0.15, 0.2) is 0 Å². The molecular weight excluding hydrogens is 380 g/mol. The van der Waals surface area contributed by atoms with E-state index in [1.54, 1.807) is 0 Å². The number of nitrogens with one attached hydrogen (secondary N) is 4. The molecule has 30 heavy (non-hydrogen) atoms. The first-order valence-electron chi connectivity index (χ1n) is 10.7. The summed E-state index contributed by atoms with van der Waals surface area (Å²) >= 11 is 0. The van der Waals surface area contributed by atoms with E-state index in [1.165, 1.54) is 0 Å². The Kier molecular flexibility index (Phi) is 12.0. The molecule has 1 aliphatic heterocycles. The van der Waals surface area contributed by atoms with Crippen LogP contribution in [0.5, 0.6) is 0 Å². The van der Waals surface area contributed by atoms with E-state index in [0.29, 0.717) is 38.5 Å². The number of hydrazone groups is 4. The summed E-state index contributed by atoms with van der Waals surface area (Å²) < 4.78 is 0. The average molecular weight is 423 g/mol. The minimum atomic E-state index is 0.537. The molecule has 1 heterocycles. The van der Waals surface area contributed by atoms with Gasteiger partial charge in [-0.3, -0.25) is 31.5 Å². The van der Waals surface area contributed by atoms with Crippen molar-refractivity contribution in [3.05, 3.63) is 0 Å². The second-order valence-electron chi connectivity index (χ2n) is 8.55. The SMILES string of the molecule is CC1=N\NCN(CC(C)C)CN/N=C(C)/C(C)=N/NCN(CC(C)C)CN\N=C\1C. The molecule has 172 valence electrons. The highest BCUT2D eigenvalue weighted by atomic mass is 15.5. The van der Waals surface area contributed by atoms with Gasteiger partial charge >= 0.3 is 0 Å². The molecular formula is C20H42N10. The van der Waals surface area contributed by atoms with E-state index in [-0.39, 0.29) is 0 Å². The van der Waals surface area contributed by atoms with Crippen LogP contribution in [0.2, 0.25) is 0 Å². The van der Waals surface area contributed by atoms with Crippen molar-refractivity contribution in [2.75, 3.05) is 39.8 Å². The Labute approximate surface area is 182 Å². The van der Waals surface area contributed by atoms with E-state index in [9.17, 15) is 0 Å². The minimum absolute atomic E-state index is 0.537. The van der Waals surface area contributed by atoms with Crippen molar-refractivity contribution < 1.29 is 0 Å². The van der Waals surface area contributed by atoms with E-state index >= 15 is 0 Å². The average Bonchev–Trinajstić information content (AvgIpc) is 2.65. The van der Waals surface area contributed by atoms with Crippen molar-refractivity contribution in [3.8, 4) is 0 Å². The number of nitrogens with zero attached hydrogens (tertiary/aromatic N) is 6. The lowest BCUT2D eigenvalue weighted by molar-refractivity contribution is 0.212. The maximum Gasteiger partial charge on any atom is 0.0862 e. The second kappa shape index (κ2) is 13.9. The van der Waals surface area contributed by atoms with Crippen molar-refractivity contribution in [3.63, 3.8) is 0 Å². The van der Waals surface area contributed by atoms with Crippen LogP contribution >= 0.6 is 0 Å². The van der Waals surface area contributed by atoms with Crippen LogP contribution in [0.25, 0.3) is 0 Å². The minimum Gasteiger partial charge on any atom is -0.295 e. The lowest BCUT2D eigenvalue weighted by atomic mass is 10.2. The van der Waals surface area contributed by atoms with Gasteiger partial charge in [-0.2, -0.15) is 20.4 Å². The molecule has 4 N–H and O–H groups in total. The molecule has 0 saturated heterocycles. The van der Waals surface area contributed by atoms with Gasteiger partial charge in [0.2, 0.25) is 0 Å². The molecule has 0 saturated carbocycles. The summed E-state index contributed by atoms with van der Waals surface area (Å²) in [5.41, 5.74) is 16.0. The highest BCUT2D eigenvalue weighted by Gasteiger charge is 2.09. The van der Waals surface area contributed by atoms with Gasteiger partial charge in [0.25, 0.3) is 0 Å². The highest BCUT2D eigenvalue weighted by molar-refractivity contribution is 6.40. The van der Waals surface area contributed by atoms with E-state index in [4.69, 9.17) is 0 Å². The molecule has 0 atom stereocenters. The molecule has 1 aliphatic rings. The van der Waals surface area contributed by atoms with Gasteiger partial charge in [0, 0.05) is 13.1 Å². The summed E-state index contributed by atoms with van der Waals surface area (Å²) in [4.78, 5) is 4.45. The third-order valence-electron chi connectivity index (χ3n) is 4.46. The molecule has 10 nitrogen and oxygen atoms in total. The Morgan fingerprint density at radius 1 is 0.567 bits per heavy atom. The Morgan fingerprint density at radius 2 is 0.800 bits per heavy atom. The Hall–Kier alpha value is -2.20. The first-order valence-corrected chi connectivity index (χ1v) is 10.7. The number of hydrogen-bond donors (Lipinski definition) is 4. The molecule has 0 aliphatic carbocycles. The van der Waals surface area contributed by atoms with Crippen LogP contribution in [0, 0.1) is 11.8 Å². The van der Waals surface area contributed by atoms with Crippen LogP contribution in [-0.4, -0.2) is 72.4 Å². The standard InChI is InChI=1S/C20H42N10/c1-15(2)9-29-11-21-25-17(5)19(7)27-23-13-30(10-16(3)4)14-24-28-20(8)18(6)26-22-12-29/h15-16,21-24H,9-14H2,1-8H3/b25-17+,26-18+,27-19+,28-20+. The van der Waals surface area contributed by atoms with Crippen LogP contribution in [0.1, 0.15) is 55.4 Å². The quantitative estimate of drug-likeness (QED) is 0.549. The molecule has 0 unspecified atom stereocenters. The van der Waals surface area contributed by atoms with Gasteiger partial charge in [-0.15, -0.1) is 0 Å². The molecule has 0 aromatic heterocycles. The highest BCUT2D eigenvalue weighted by Crippen LogP contribution is 1.98. The normalized spacial score (nSPS) is 26.2. The largest absolute Gasteiger partial charge is 0.295 e. The fourth-order valence-corrected chi connectivity index (χ4v) is 2.74. The van der Waals surface area contributed by atoms with Gasteiger partial charge < -0.3 is 0 Å². The van der Waals surface area contributed by atoms with Crippen molar-refractivity contribution in [2.24, 2.45) is 32.2 Å². The fraction of sp³-hybridized carbons (Fsp3) is 0.800. The Morgan fingerprint density at radius 3 is 1.00 bits per heavy atom. The Bertz CT molecular complexity index is 523. The van der Waals surface area contributed by atoms with Gasteiger partial charge in [-0.25, -0.2) is 0 Å².